The molecule has 0 aliphatic heterocycles. The first-order valence-electron chi connectivity index (χ1n) is 6.30. The minimum atomic E-state index is -0.929. The summed E-state index contributed by atoms with van der Waals surface area (Å²) in [4.78, 5) is 22.2. The number of ether oxygens (including phenoxy) is 1. The van der Waals surface area contributed by atoms with Crippen molar-refractivity contribution >= 4 is 12.1 Å². The van der Waals surface area contributed by atoms with Gasteiger partial charge in [0.2, 0.25) is 0 Å². The van der Waals surface area contributed by atoms with Gasteiger partial charge in [-0.15, -0.1) is 0 Å². The van der Waals surface area contributed by atoms with Crippen molar-refractivity contribution in [1.82, 2.24) is 5.32 Å². The fraction of sp³-hybridized carbons (Fsp3) is 0.429. The Morgan fingerprint density at radius 2 is 2.00 bits per heavy atom. The molecular weight excluding hydrogens is 246 g/mol. The van der Waals surface area contributed by atoms with Gasteiger partial charge in [0.15, 0.2) is 0 Å². The summed E-state index contributed by atoms with van der Waals surface area (Å²) < 4.78 is 5.04. The third-order valence-electron chi connectivity index (χ3n) is 2.59. The van der Waals surface area contributed by atoms with Gasteiger partial charge < -0.3 is 15.2 Å². The molecule has 1 rings (SSSR count). The molecule has 5 nitrogen and oxygen atoms in total. The predicted molar refractivity (Wildman–Crippen MR) is 70.7 cm³/mol. The molecule has 1 amide bonds. The molecular formula is C14H19NO4. The van der Waals surface area contributed by atoms with E-state index in [4.69, 9.17) is 9.84 Å². The molecule has 0 unspecified atom stereocenters. The number of hydrogen-bond acceptors (Lipinski definition) is 3. The van der Waals surface area contributed by atoms with E-state index < -0.39 is 12.1 Å². The Balaban J connectivity index is 2.37. The molecule has 2 N–H and O–H groups in total. The minimum absolute atomic E-state index is 0.0890. The number of carbonyl (C=O) groups is 2. The molecule has 0 aliphatic rings. The van der Waals surface area contributed by atoms with Crippen molar-refractivity contribution in [3.8, 4) is 0 Å². The second kappa shape index (κ2) is 8.13. The first kappa shape index (κ1) is 15.0. The molecule has 0 bridgehead atoms. The predicted octanol–water partition coefficient (Wildman–Crippen LogP) is 2.56. The molecule has 0 heterocycles. The average molecular weight is 265 g/mol. The molecule has 5 heteroatoms. The third-order valence-corrected chi connectivity index (χ3v) is 2.59. The van der Waals surface area contributed by atoms with Crippen LogP contribution in [0.25, 0.3) is 0 Å². The smallest absolute Gasteiger partial charge is 0.407 e. The average Bonchev–Trinajstić information content (AvgIpc) is 2.37. The highest BCUT2D eigenvalue weighted by molar-refractivity contribution is 5.71. The lowest BCUT2D eigenvalue weighted by Crippen LogP contribution is -2.36. The lowest BCUT2D eigenvalue weighted by Gasteiger charge is -2.15. The van der Waals surface area contributed by atoms with Gasteiger partial charge in [0.05, 0.1) is 6.42 Å². The highest BCUT2D eigenvalue weighted by atomic mass is 16.5. The summed E-state index contributed by atoms with van der Waals surface area (Å²) in [7, 11) is 0. The van der Waals surface area contributed by atoms with Gasteiger partial charge in [0.1, 0.15) is 6.61 Å². The van der Waals surface area contributed by atoms with Crippen LogP contribution in [0.3, 0.4) is 0 Å². The van der Waals surface area contributed by atoms with Crippen molar-refractivity contribution in [2.24, 2.45) is 0 Å². The largest absolute Gasteiger partial charge is 0.481 e. The van der Waals surface area contributed by atoms with Crippen LogP contribution in [0.15, 0.2) is 30.3 Å². The normalized spacial score (nSPS) is 11.6. The third kappa shape index (κ3) is 6.45. The minimum Gasteiger partial charge on any atom is -0.481 e. The molecule has 0 saturated heterocycles. The van der Waals surface area contributed by atoms with E-state index >= 15 is 0 Å². The Hall–Kier alpha value is -2.04. The SMILES string of the molecule is CCC[C@H](CC(=O)O)NC(=O)OCc1ccccc1. The topological polar surface area (TPSA) is 75.6 Å². The maximum absolute atomic E-state index is 11.6. The van der Waals surface area contributed by atoms with E-state index in [2.05, 4.69) is 5.32 Å². The van der Waals surface area contributed by atoms with Crippen molar-refractivity contribution in [2.75, 3.05) is 0 Å². The molecule has 19 heavy (non-hydrogen) atoms. The zero-order valence-corrected chi connectivity index (χ0v) is 11.0. The van der Waals surface area contributed by atoms with Crippen LogP contribution in [-0.2, 0) is 16.1 Å². The zero-order chi connectivity index (χ0) is 14.1. The van der Waals surface area contributed by atoms with Crippen molar-refractivity contribution in [3.63, 3.8) is 0 Å². The van der Waals surface area contributed by atoms with Gasteiger partial charge in [-0.25, -0.2) is 4.79 Å². The molecule has 0 aromatic heterocycles. The highest BCUT2D eigenvalue weighted by Gasteiger charge is 2.15. The second-order valence-electron chi connectivity index (χ2n) is 4.29. The Labute approximate surface area is 112 Å². The Bertz CT molecular complexity index is 405. The maximum atomic E-state index is 11.6. The van der Waals surface area contributed by atoms with E-state index in [-0.39, 0.29) is 19.1 Å². The van der Waals surface area contributed by atoms with Gasteiger partial charge in [-0.05, 0) is 12.0 Å². The molecule has 1 aromatic rings. The van der Waals surface area contributed by atoms with Crippen LogP contribution < -0.4 is 5.32 Å². The van der Waals surface area contributed by atoms with Gasteiger partial charge in [0.25, 0.3) is 0 Å². The van der Waals surface area contributed by atoms with Crippen LogP contribution in [-0.4, -0.2) is 23.2 Å². The number of rotatable bonds is 7. The number of aliphatic carboxylic acids is 1. The van der Waals surface area contributed by atoms with Crippen LogP contribution in [0.4, 0.5) is 4.79 Å². The molecule has 104 valence electrons. The fourth-order valence-corrected chi connectivity index (χ4v) is 1.72. The van der Waals surface area contributed by atoms with Crippen molar-refractivity contribution < 1.29 is 19.4 Å². The Morgan fingerprint density at radius 1 is 1.32 bits per heavy atom. The van der Waals surface area contributed by atoms with Crippen molar-refractivity contribution in [2.45, 2.75) is 38.8 Å². The second-order valence-corrected chi connectivity index (χ2v) is 4.29. The lowest BCUT2D eigenvalue weighted by atomic mass is 10.1. The van der Waals surface area contributed by atoms with Crippen LogP contribution in [0, 0.1) is 0 Å². The standard InChI is InChI=1S/C14H19NO4/c1-2-6-12(9-13(16)17)15-14(18)19-10-11-7-4-3-5-8-11/h3-5,7-8,12H,2,6,9-10H2,1H3,(H,15,18)(H,16,17)/t12-/m1/s1. The number of nitrogens with one attached hydrogen (secondary N) is 1. The van der Waals surface area contributed by atoms with E-state index in [0.717, 1.165) is 12.0 Å². The number of amides is 1. The Kier molecular flexibility index (Phi) is 6.43. The van der Waals surface area contributed by atoms with E-state index in [9.17, 15) is 9.59 Å². The van der Waals surface area contributed by atoms with Crippen LogP contribution in [0.1, 0.15) is 31.7 Å². The molecule has 0 saturated carbocycles. The van der Waals surface area contributed by atoms with E-state index in [1.54, 1.807) is 0 Å². The summed E-state index contributed by atoms with van der Waals surface area (Å²) in [5.74, 6) is -0.929. The fourth-order valence-electron chi connectivity index (χ4n) is 1.72. The molecule has 0 aliphatic carbocycles. The molecule has 1 atom stereocenters. The number of carboxylic acid groups (broad SMARTS) is 1. The quantitative estimate of drug-likeness (QED) is 0.794. The van der Waals surface area contributed by atoms with E-state index in [0.29, 0.717) is 6.42 Å². The van der Waals surface area contributed by atoms with Crippen molar-refractivity contribution in [1.29, 1.82) is 0 Å². The molecule has 0 radical (unpaired) electrons. The number of hydrogen-bond donors (Lipinski definition) is 2. The maximum Gasteiger partial charge on any atom is 0.407 e. The number of alkyl carbamates (subject to hydrolysis) is 1. The van der Waals surface area contributed by atoms with Gasteiger partial charge >= 0.3 is 12.1 Å². The summed E-state index contributed by atoms with van der Waals surface area (Å²) in [6.07, 6.45) is 0.751. The van der Waals surface area contributed by atoms with Crippen molar-refractivity contribution in [3.05, 3.63) is 35.9 Å². The summed E-state index contributed by atoms with van der Waals surface area (Å²) in [6.45, 7) is 2.12. The monoisotopic (exact) mass is 265 g/mol. The van der Waals surface area contributed by atoms with Gasteiger partial charge in [-0.2, -0.15) is 0 Å². The zero-order valence-electron chi connectivity index (χ0n) is 11.0. The Morgan fingerprint density at radius 3 is 2.58 bits per heavy atom. The number of carbonyl (C=O) groups excluding carboxylic acids is 1. The van der Waals surface area contributed by atoms with Gasteiger partial charge in [-0.3, -0.25) is 4.79 Å². The molecule has 0 fully saturated rings. The van der Waals surface area contributed by atoms with Gasteiger partial charge in [-0.1, -0.05) is 43.7 Å². The summed E-state index contributed by atoms with van der Waals surface area (Å²) in [6, 6.07) is 8.93. The highest BCUT2D eigenvalue weighted by Crippen LogP contribution is 2.04. The molecule has 0 spiro atoms. The first-order valence-corrected chi connectivity index (χ1v) is 6.30. The molecule has 1 aromatic carbocycles. The summed E-state index contributed by atoms with van der Waals surface area (Å²) >= 11 is 0. The summed E-state index contributed by atoms with van der Waals surface area (Å²) in [5.41, 5.74) is 0.892. The van der Waals surface area contributed by atoms with E-state index in [1.165, 1.54) is 0 Å². The summed E-state index contributed by atoms with van der Waals surface area (Å²) in [5, 5.41) is 11.3. The first-order chi connectivity index (χ1) is 9.11. The number of carboxylic acids is 1. The van der Waals surface area contributed by atoms with E-state index in [1.807, 2.05) is 37.3 Å². The van der Waals surface area contributed by atoms with Gasteiger partial charge in [0, 0.05) is 6.04 Å². The van der Waals surface area contributed by atoms with Crippen LogP contribution in [0.5, 0.6) is 0 Å². The lowest BCUT2D eigenvalue weighted by molar-refractivity contribution is -0.137. The van der Waals surface area contributed by atoms with Crippen LogP contribution in [0.2, 0.25) is 0 Å². The number of benzene rings is 1. The van der Waals surface area contributed by atoms with Crippen LogP contribution >= 0.6 is 0 Å².